The summed E-state index contributed by atoms with van der Waals surface area (Å²) in [5.74, 6) is 0. The highest BCUT2D eigenvalue weighted by molar-refractivity contribution is 4.84. The van der Waals surface area contributed by atoms with Crippen LogP contribution >= 0.6 is 0 Å². The Bertz CT molecular complexity index is 169. The second-order valence-corrected chi connectivity index (χ2v) is 4.37. The standard InChI is InChI=1S/C12H25NO2/c1-4-11(13-8-6-7-9-13)12(14)10(3)15-5-2/h10-12,14H,4-9H2,1-3H3/t10-,11?,12?/m0/s1. The van der Waals surface area contributed by atoms with Crippen LogP contribution in [0.15, 0.2) is 0 Å². The monoisotopic (exact) mass is 215 g/mol. The molecule has 1 fully saturated rings. The third kappa shape index (κ3) is 3.44. The molecule has 0 aliphatic carbocycles. The first-order valence-corrected chi connectivity index (χ1v) is 6.24. The van der Waals surface area contributed by atoms with Gasteiger partial charge in [0.25, 0.3) is 0 Å². The average molecular weight is 215 g/mol. The number of hydrogen-bond acceptors (Lipinski definition) is 3. The van der Waals surface area contributed by atoms with Gasteiger partial charge in [0.15, 0.2) is 0 Å². The van der Waals surface area contributed by atoms with E-state index in [1.165, 1.54) is 12.8 Å². The van der Waals surface area contributed by atoms with Crippen LogP contribution in [-0.4, -0.2) is 48.0 Å². The van der Waals surface area contributed by atoms with E-state index in [1.807, 2.05) is 13.8 Å². The Kier molecular flexibility index (Phi) is 5.58. The average Bonchev–Trinajstić information content (AvgIpc) is 2.72. The lowest BCUT2D eigenvalue weighted by Crippen LogP contribution is -2.47. The zero-order valence-corrected chi connectivity index (χ0v) is 10.3. The highest BCUT2D eigenvalue weighted by Crippen LogP contribution is 2.19. The number of nitrogens with zero attached hydrogens (tertiary/aromatic N) is 1. The number of aliphatic hydroxyl groups is 1. The summed E-state index contributed by atoms with van der Waals surface area (Å²) < 4.78 is 5.47. The molecule has 1 rings (SSSR count). The van der Waals surface area contributed by atoms with Crippen LogP contribution in [0.25, 0.3) is 0 Å². The number of likely N-dealkylation sites (tertiary alicyclic amines) is 1. The molecule has 1 aliphatic heterocycles. The Morgan fingerprint density at radius 3 is 2.33 bits per heavy atom. The van der Waals surface area contributed by atoms with Crippen LogP contribution in [0.1, 0.15) is 40.0 Å². The smallest absolute Gasteiger partial charge is 0.0953 e. The van der Waals surface area contributed by atoms with E-state index < -0.39 is 0 Å². The van der Waals surface area contributed by atoms with Crippen molar-refractivity contribution in [2.24, 2.45) is 0 Å². The minimum atomic E-state index is -0.354. The lowest BCUT2D eigenvalue weighted by atomic mass is 10.0. The van der Waals surface area contributed by atoms with E-state index in [-0.39, 0.29) is 18.2 Å². The molecule has 0 aromatic heterocycles. The van der Waals surface area contributed by atoms with Gasteiger partial charge in [-0.15, -0.1) is 0 Å². The maximum Gasteiger partial charge on any atom is 0.0953 e. The molecule has 1 heterocycles. The Morgan fingerprint density at radius 1 is 1.27 bits per heavy atom. The van der Waals surface area contributed by atoms with Crippen molar-refractivity contribution in [2.75, 3.05) is 19.7 Å². The summed E-state index contributed by atoms with van der Waals surface area (Å²) in [6, 6.07) is 0.272. The molecule has 0 aromatic carbocycles. The van der Waals surface area contributed by atoms with Gasteiger partial charge >= 0.3 is 0 Å². The van der Waals surface area contributed by atoms with Gasteiger partial charge in [0.2, 0.25) is 0 Å². The first-order valence-electron chi connectivity index (χ1n) is 6.24. The first-order chi connectivity index (χ1) is 7.20. The van der Waals surface area contributed by atoms with Gasteiger partial charge in [0, 0.05) is 12.6 Å². The van der Waals surface area contributed by atoms with Gasteiger partial charge in [-0.05, 0) is 46.2 Å². The lowest BCUT2D eigenvalue weighted by molar-refractivity contribution is -0.0600. The van der Waals surface area contributed by atoms with E-state index in [9.17, 15) is 5.11 Å². The predicted molar refractivity (Wildman–Crippen MR) is 62.0 cm³/mol. The Balaban J connectivity index is 2.48. The van der Waals surface area contributed by atoms with Crippen LogP contribution < -0.4 is 0 Å². The number of hydrogen-bond donors (Lipinski definition) is 1. The van der Waals surface area contributed by atoms with E-state index in [0.29, 0.717) is 6.61 Å². The largest absolute Gasteiger partial charge is 0.389 e. The molecule has 0 radical (unpaired) electrons. The number of aliphatic hydroxyl groups excluding tert-OH is 1. The molecule has 90 valence electrons. The third-order valence-corrected chi connectivity index (χ3v) is 3.33. The summed E-state index contributed by atoms with van der Waals surface area (Å²) in [4.78, 5) is 2.40. The van der Waals surface area contributed by atoms with E-state index in [0.717, 1.165) is 19.5 Å². The van der Waals surface area contributed by atoms with E-state index in [1.54, 1.807) is 0 Å². The fraction of sp³-hybridized carbons (Fsp3) is 1.00. The van der Waals surface area contributed by atoms with Gasteiger partial charge < -0.3 is 9.84 Å². The van der Waals surface area contributed by atoms with E-state index in [4.69, 9.17) is 4.74 Å². The molecule has 1 N–H and O–H groups in total. The van der Waals surface area contributed by atoms with Crippen molar-refractivity contribution in [3.63, 3.8) is 0 Å². The fourth-order valence-electron chi connectivity index (χ4n) is 2.46. The zero-order chi connectivity index (χ0) is 11.3. The zero-order valence-electron chi connectivity index (χ0n) is 10.3. The molecule has 0 amide bonds. The van der Waals surface area contributed by atoms with Crippen molar-refractivity contribution in [1.82, 2.24) is 4.90 Å². The van der Waals surface area contributed by atoms with Crippen LogP contribution in [-0.2, 0) is 4.74 Å². The van der Waals surface area contributed by atoms with Crippen molar-refractivity contribution in [3.8, 4) is 0 Å². The molecule has 0 saturated carbocycles. The van der Waals surface area contributed by atoms with Gasteiger partial charge in [0.1, 0.15) is 0 Å². The predicted octanol–water partition coefficient (Wildman–Crippen LogP) is 1.65. The maximum absolute atomic E-state index is 10.2. The molecule has 0 spiro atoms. The highest BCUT2D eigenvalue weighted by atomic mass is 16.5. The van der Waals surface area contributed by atoms with Crippen LogP contribution in [0.2, 0.25) is 0 Å². The molecular weight excluding hydrogens is 190 g/mol. The van der Waals surface area contributed by atoms with Crippen LogP contribution in [0, 0.1) is 0 Å². The second-order valence-electron chi connectivity index (χ2n) is 4.37. The van der Waals surface area contributed by atoms with Crippen LogP contribution in [0.3, 0.4) is 0 Å². The van der Waals surface area contributed by atoms with Crippen molar-refractivity contribution >= 4 is 0 Å². The second kappa shape index (κ2) is 6.46. The number of ether oxygens (including phenoxy) is 1. The lowest BCUT2D eigenvalue weighted by Gasteiger charge is -2.33. The van der Waals surface area contributed by atoms with Crippen molar-refractivity contribution in [3.05, 3.63) is 0 Å². The summed E-state index contributed by atoms with van der Waals surface area (Å²) in [5.41, 5.74) is 0. The Labute approximate surface area is 93.4 Å². The van der Waals surface area contributed by atoms with Gasteiger partial charge in [-0.1, -0.05) is 6.92 Å². The molecule has 0 aromatic rings. The molecule has 2 unspecified atom stereocenters. The topological polar surface area (TPSA) is 32.7 Å². The number of rotatable bonds is 6. The van der Waals surface area contributed by atoms with Crippen molar-refractivity contribution in [1.29, 1.82) is 0 Å². The van der Waals surface area contributed by atoms with Crippen LogP contribution in [0.4, 0.5) is 0 Å². The molecular formula is C12H25NO2. The molecule has 3 nitrogen and oxygen atoms in total. The van der Waals surface area contributed by atoms with Gasteiger partial charge in [-0.3, -0.25) is 4.90 Å². The fourth-order valence-corrected chi connectivity index (χ4v) is 2.46. The normalized spacial score (nSPS) is 24.0. The summed E-state index contributed by atoms with van der Waals surface area (Å²) >= 11 is 0. The maximum atomic E-state index is 10.2. The van der Waals surface area contributed by atoms with Gasteiger partial charge in [-0.2, -0.15) is 0 Å². The third-order valence-electron chi connectivity index (χ3n) is 3.33. The minimum Gasteiger partial charge on any atom is -0.389 e. The van der Waals surface area contributed by atoms with Crippen LogP contribution in [0.5, 0.6) is 0 Å². The van der Waals surface area contributed by atoms with Crippen molar-refractivity contribution < 1.29 is 9.84 Å². The Hall–Kier alpha value is -0.120. The highest BCUT2D eigenvalue weighted by Gasteiger charge is 2.30. The summed E-state index contributed by atoms with van der Waals surface area (Å²) in [6.07, 6.45) is 3.13. The van der Waals surface area contributed by atoms with Gasteiger partial charge in [0.05, 0.1) is 12.2 Å². The summed E-state index contributed by atoms with van der Waals surface area (Å²) in [6.45, 7) is 9.02. The molecule has 3 atom stereocenters. The first kappa shape index (κ1) is 12.9. The molecule has 15 heavy (non-hydrogen) atoms. The van der Waals surface area contributed by atoms with Gasteiger partial charge in [-0.25, -0.2) is 0 Å². The molecule has 1 aliphatic rings. The summed E-state index contributed by atoms with van der Waals surface area (Å²) in [7, 11) is 0. The molecule has 1 saturated heterocycles. The Morgan fingerprint density at radius 2 is 1.87 bits per heavy atom. The van der Waals surface area contributed by atoms with Crippen molar-refractivity contribution in [2.45, 2.75) is 58.3 Å². The summed E-state index contributed by atoms with van der Waals surface area (Å²) in [5, 5.41) is 10.2. The molecule has 3 heteroatoms. The minimum absolute atomic E-state index is 0.0550. The SMILES string of the molecule is CCO[C@@H](C)C(O)C(CC)N1CCCC1. The van der Waals surface area contributed by atoms with E-state index in [2.05, 4.69) is 11.8 Å². The quantitative estimate of drug-likeness (QED) is 0.731. The van der Waals surface area contributed by atoms with E-state index >= 15 is 0 Å². The molecule has 0 bridgehead atoms.